The monoisotopic (exact) mass is 548 g/mol. The van der Waals surface area contributed by atoms with Gasteiger partial charge < -0.3 is 23.3 Å². The van der Waals surface area contributed by atoms with Crippen LogP contribution in [-0.4, -0.2) is 41.4 Å². The first-order valence-electron chi connectivity index (χ1n) is 13.4. The molecule has 212 valence electrons. The number of nitrogens with zero attached hydrogens (tertiary/aromatic N) is 2. The van der Waals surface area contributed by atoms with E-state index in [0.717, 1.165) is 16.7 Å². The van der Waals surface area contributed by atoms with Gasteiger partial charge in [0.2, 0.25) is 0 Å². The Morgan fingerprint density at radius 1 is 1.00 bits per heavy atom. The van der Waals surface area contributed by atoms with Crippen LogP contribution in [0, 0.1) is 5.41 Å². The van der Waals surface area contributed by atoms with Crippen molar-refractivity contribution in [1.82, 2.24) is 9.13 Å². The van der Waals surface area contributed by atoms with Crippen LogP contribution in [0.3, 0.4) is 0 Å². The zero-order valence-corrected chi connectivity index (χ0v) is 24.1. The molecule has 0 spiro atoms. The van der Waals surface area contributed by atoms with Gasteiger partial charge in [0.05, 0.1) is 26.0 Å². The molecule has 0 bridgehead atoms. The molecule has 0 amide bonds. The average molecular weight is 549 g/mol. The molecule has 40 heavy (non-hydrogen) atoms. The fraction of sp³-hybridized carbons (Fsp3) is 0.419. The highest BCUT2D eigenvalue weighted by atomic mass is 16.5. The van der Waals surface area contributed by atoms with Gasteiger partial charge in [0.15, 0.2) is 5.43 Å². The van der Waals surface area contributed by atoms with E-state index in [-0.39, 0.29) is 35.8 Å². The lowest BCUT2D eigenvalue weighted by Gasteiger charge is -2.39. The SMILES string of the molecule is CCOC(=O)c1cn2c(cc1=O)-c1cc(OC)c(-c3ccc(=O)n(C(C)C(=O)OCC)c3)cc1CC2C(C)(C)C. The number of aromatic nitrogens is 2. The smallest absolute Gasteiger partial charge is 0.343 e. The van der Waals surface area contributed by atoms with E-state index in [1.54, 1.807) is 46.3 Å². The largest absolute Gasteiger partial charge is 0.496 e. The molecular weight excluding hydrogens is 512 g/mol. The van der Waals surface area contributed by atoms with Crippen molar-refractivity contribution in [3.05, 3.63) is 74.4 Å². The van der Waals surface area contributed by atoms with Crippen molar-refractivity contribution in [1.29, 1.82) is 0 Å². The van der Waals surface area contributed by atoms with Crippen LogP contribution >= 0.6 is 0 Å². The molecule has 0 aliphatic carbocycles. The third-order valence-electron chi connectivity index (χ3n) is 7.32. The van der Waals surface area contributed by atoms with E-state index >= 15 is 0 Å². The summed E-state index contributed by atoms with van der Waals surface area (Å²) in [6.07, 6.45) is 3.89. The molecule has 9 nitrogen and oxygen atoms in total. The number of ether oxygens (including phenoxy) is 3. The topological polar surface area (TPSA) is 106 Å². The molecular formula is C31H36N2O7. The zero-order valence-electron chi connectivity index (χ0n) is 24.1. The molecule has 3 aromatic rings. The van der Waals surface area contributed by atoms with Crippen molar-refractivity contribution < 1.29 is 23.8 Å². The Morgan fingerprint density at radius 3 is 2.33 bits per heavy atom. The van der Waals surface area contributed by atoms with Gasteiger partial charge >= 0.3 is 11.9 Å². The van der Waals surface area contributed by atoms with E-state index in [1.165, 1.54) is 16.7 Å². The maximum atomic E-state index is 13.0. The van der Waals surface area contributed by atoms with Crippen LogP contribution < -0.4 is 15.7 Å². The van der Waals surface area contributed by atoms with Gasteiger partial charge in [-0.05, 0) is 56.4 Å². The molecule has 2 aromatic heterocycles. The molecule has 1 aliphatic rings. The molecule has 2 atom stereocenters. The maximum absolute atomic E-state index is 13.0. The first-order valence-corrected chi connectivity index (χ1v) is 13.4. The van der Waals surface area contributed by atoms with Crippen molar-refractivity contribution in [2.75, 3.05) is 20.3 Å². The second kappa shape index (κ2) is 11.2. The van der Waals surface area contributed by atoms with E-state index in [1.807, 2.05) is 16.7 Å². The van der Waals surface area contributed by atoms with Crippen molar-refractivity contribution in [3.63, 3.8) is 0 Å². The van der Waals surface area contributed by atoms with Crippen LogP contribution in [0.1, 0.15) is 69.5 Å². The molecule has 4 rings (SSSR count). The van der Waals surface area contributed by atoms with Crippen molar-refractivity contribution in [2.45, 2.75) is 60.0 Å². The fourth-order valence-corrected chi connectivity index (χ4v) is 5.18. The minimum absolute atomic E-state index is 0.00450. The summed E-state index contributed by atoms with van der Waals surface area (Å²) < 4.78 is 19.4. The fourth-order valence-electron chi connectivity index (χ4n) is 5.18. The van der Waals surface area contributed by atoms with Gasteiger partial charge in [-0.25, -0.2) is 9.59 Å². The quantitative estimate of drug-likeness (QED) is 0.391. The van der Waals surface area contributed by atoms with Crippen molar-refractivity contribution >= 4 is 11.9 Å². The van der Waals surface area contributed by atoms with Gasteiger partial charge in [0, 0.05) is 47.3 Å². The molecule has 3 heterocycles. The van der Waals surface area contributed by atoms with Crippen molar-refractivity contribution in [2.24, 2.45) is 5.41 Å². The van der Waals surface area contributed by atoms with Crippen molar-refractivity contribution in [3.8, 4) is 28.1 Å². The predicted octanol–water partition coefficient (Wildman–Crippen LogP) is 4.80. The molecule has 9 heteroatoms. The number of carbonyl (C=O) groups is 2. The number of hydrogen-bond acceptors (Lipinski definition) is 7. The third-order valence-corrected chi connectivity index (χ3v) is 7.32. The molecule has 0 fully saturated rings. The Labute approximate surface area is 233 Å². The van der Waals surface area contributed by atoms with Gasteiger partial charge in [-0.1, -0.05) is 20.8 Å². The summed E-state index contributed by atoms with van der Waals surface area (Å²) >= 11 is 0. The van der Waals surface area contributed by atoms with E-state index in [4.69, 9.17) is 14.2 Å². The number of pyridine rings is 2. The van der Waals surface area contributed by atoms with E-state index in [0.29, 0.717) is 23.4 Å². The number of carbonyl (C=O) groups excluding carboxylic acids is 2. The minimum Gasteiger partial charge on any atom is -0.496 e. The van der Waals surface area contributed by atoms with Gasteiger partial charge in [0.25, 0.3) is 5.56 Å². The summed E-state index contributed by atoms with van der Waals surface area (Å²) in [7, 11) is 1.56. The maximum Gasteiger partial charge on any atom is 0.343 e. The molecule has 0 radical (unpaired) electrons. The van der Waals surface area contributed by atoms with Crippen LogP contribution in [0.5, 0.6) is 5.75 Å². The molecule has 1 aromatic carbocycles. The number of fused-ring (bicyclic) bond motifs is 3. The highest BCUT2D eigenvalue weighted by molar-refractivity contribution is 5.90. The Hall–Kier alpha value is -4.14. The van der Waals surface area contributed by atoms with Crippen LogP contribution in [0.25, 0.3) is 22.4 Å². The highest BCUT2D eigenvalue weighted by Gasteiger charge is 2.34. The normalized spacial score (nSPS) is 15.0. The zero-order chi connectivity index (χ0) is 29.4. The molecule has 0 saturated heterocycles. The standard InChI is InChI=1S/C31H36N2O7/c1-8-39-29(36)18(3)32-16-19(10-11-28(32)35)22-12-20-13-27(31(4,5)6)33-17-23(30(37)40-9-2)25(34)15-24(33)21(20)14-26(22)38-7/h10-12,14-18,27H,8-9,13H2,1-7H3. The second-order valence-electron chi connectivity index (χ2n) is 11.0. The summed E-state index contributed by atoms with van der Waals surface area (Å²) in [4.78, 5) is 50.6. The predicted molar refractivity (Wildman–Crippen MR) is 152 cm³/mol. The van der Waals surface area contributed by atoms with Crippen LogP contribution in [0.2, 0.25) is 0 Å². The van der Waals surface area contributed by atoms with E-state index in [2.05, 4.69) is 20.8 Å². The first-order chi connectivity index (χ1) is 18.9. The number of methoxy groups -OCH3 is 1. The number of benzene rings is 1. The average Bonchev–Trinajstić information content (AvgIpc) is 2.91. The number of hydrogen-bond donors (Lipinski definition) is 0. The second-order valence-corrected chi connectivity index (χ2v) is 11.0. The van der Waals surface area contributed by atoms with Gasteiger partial charge in [-0.15, -0.1) is 0 Å². The van der Waals surface area contributed by atoms with Gasteiger partial charge in [0.1, 0.15) is 17.4 Å². The Morgan fingerprint density at radius 2 is 1.70 bits per heavy atom. The van der Waals surface area contributed by atoms with Gasteiger partial charge in [-0.2, -0.15) is 0 Å². The van der Waals surface area contributed by atoms with Crippen LogP contribution in [0.15, 0.2) is 52.3 Å². The molecule has 2 unspecified atom stereocenters. The minimum atomic E-state index is -0.798. The lowest BCUT2D eigenvalue weighted by atomic mass is 9.78. The Bertz CT molecular complexity index is 1580. The summed E-state index contributed by atoms with van der Waals surface area (Å²) in [5.41, 5.74) is 3.01. The Kier molecular flexibility index (Phi) is 8.05. The number of rotatable bonds is 7. The van der Waals surface area contributed by atoms with Crippen LogP contribution in [-0.2, 0) is 20.7 Å². The Balaban J connectivity index is 1.91. The van der Waals surface area contributed by atoms with Gasteiger partial charge in [-0.3, -0.25) is 9.59 Å². The van der Waals surface area contributed by atoms with Crippen LogP contribution in [0.4, 0.5) is 0 Å². The molecule has 0 saturated carbocycles. The summed E-state index contributed by atoms with van der Waals surface area (Å²) in [5, 5.41) is 0. The van der Waals surface area contributed by atoms with E-state index < -0.39 is 23.4 Å². The first kappa shape index (κ1) is 28.9. The molecule has 0 N–H and O–H groups in total. The molecule has 1 aliphatic heterocycles. The highest BCUT2D eigenvalue weighted by Crippen LogP contribution is 2.45. The number of esters is 2. The third kappa shape index (κ3) is 5.33. The lowest BCUT2D eigenvalue weighted by Crippen LogP contribution is -2.33. The summed E-state index contributed by atoms with van der Waals surface area (Å²) in [6.45, 7) is 11.8. The lowest BCUT2D eigenvalue weighted by molar-refractivity contribution is -0.146. The summed E-state index contributed by atoms with van der Waals surface area (Å²) in [6, 6.07) is 7.64. The summed E-state index contributed by atoms with van der Waals surface area (Å²) in [5.74, 6) is -0.590. The van der Waals surface area contributed by atoms with E-state index in [9.17, 15) is 19.2 Å².